The molecule has 1 rings (SSSR count). The molecule has 0 spiro atoms. The van der Waals surface area contributed by atoms with E-state index >= 15 is 0 Å². The lowest BCUT2D eigenvalue weighted by Crippen LogP contribution is -2.39. The fraction of sp³-hybridized carbons (Fsp3) is 0.938. The molecular weight excluding hydrogens is 412 g/mol. The molecule has 0 amide bonds. The molecule has 1 heterocycles. The number of rotatable bonds is 26. The SMILES string of the molecule is CCCCCCCCCCCCCCN1C=CN(CCCCCCC)C1CCCCCCCC. The van der Waals surface area contributed by atoms with Gasteiger partial charge in [0.1, 0.15) is 6.17 Å². The molecule has 1 unspecified atom stereocenters. The largest absolute Gasteiger partial charge is 0.356 e. The van der Waals surface area contributed by atoms with Crippen molar-refractivity contribution >= 4 is 0 Å². The molecule has 0 radical (unpaired) electrons. The molecule has 0 aromatic rings. The van der Waals surface area contributed by atoms with Gasteiger partial charge in [0.25, 0.3) is 0 Å². The average molecular weight is 477 g/mol. The number of nitrogens with zero attached hydrogens (tertiary/aromatic N) is 2. The van der Waals surface area contributed by atoms with Crippen LogP contribution in [0, 0.1) is 0 Å². The smallest absolute Gasteiger partial charge is 0.101 e. The van der Waals surface area contributed by atoms with E-state index in [-0.39, 0.29) is 0 Å². The fourth-order valence-electron chi connectivity index (χ4n) is 5.48. The summed E-state index contributed by atoms with van der Waals surface area (Å²) in [5.74, 6) is 0. The van der Waals surface area contributed by atoms with E-state index < -0.39 is 0 Å². The molecule has 1 aliphatic rings. The maximum absolute atomic E-state index is 2.69. The Morgan fingerprint density at radius 3 is 1.03 bits per heavy atom. The molecule has 2 nitrogen and oxygen atoms in total. The van der Waals surface area contributed by atoms with Crippen molar-refractivity contribution in [3.8, 4) is 0 Å². The van der Waals surface area contributed by atoms with Crippen LogP contribution < -0.4 is 0 Å². The fourth-order valence-corrected chi connectivity index (χ4v) is 5.48. The molecule has 1 atom stereocenters. The molecule has 0 aromatic heterocycles. The van der Waals surface area contributed by atoms with Gasteiger partial charge in [-0.05, 0) is 25.7 Å². The summed E-state index contributed by atoms with van der Waals surface area (Å²) in [7, 11) is 0. The number of unbranched alkanes of at least 4 members (excludes halogenated alkanes) is 20. The molecule has 0 N–H and O–H groups in total. The van der Waals surface area contributed by atoms with Crippen LogP contribution in [0.15, 0.2) is 12.4 Å². The molecular formula is C32H64N2. The molecule has 202 valence electrons. The van der Waals surface area contributed by atoms with Gasteiger partial charge < -0.3 is 9.80 Å². The van der Waals surface area contributed by atoms with Crippen LogP contribution in [0.5, 0.6) is 0 Å². The van der Waals surface area contributed by atoms with E-state index in [9.17, 15) is 0 Å². The first kappa shape index (κ1) is 31.4. The average Bonchev–Trinajstić information content (AvgIpc) is 3.23. The van der Waals surface area contributed by atoms with Crippen LogP contribution in [0.1, 0.15) is 175 Å². The molecule has 1 aliphatic heterocycles. The maximum atomic E-state index is 2.69. The highest BCUT2D eigenvalue weighted by Crippen LogP contribution is 2.24. The highest BCUT2D eigenvalue weighted by Gasteiger charge is 2.24. The van der Waals surface area contributed by atoms with Crippen LogP contribution in [0.4, 0.5) is 0 Å². The van der Waals surface area contributed by atoms with Crippen molar-refractivity contribution in [2.45, 2.75) is 181 Å². The van der Waals surface area contributed by atoms with E-state index in [1.807, 2.05) is 0 Å². The predicted octanol–water partition coefficient (Wildman–Crippen LogP) is 10.8. The Labute approximate surface area is 216 Å². The Morgan fingerprint density at radius 2 is 0.676 bits per heavy atom. The highest BCUT2D eigenvalue weighted by atomic mass is 15.4. The zero-order valence-electron chi connectivity index (χ0n) is 24.0. The van der Waals surface area contributed by atoms with Crippen molar-refractivity contribution < 1.29 is 0 Å². The number of hydrogen-bond acceptors (Lipinski definition) is 2. The Hall–Kier alpha value is -0.660. The topological polar surface area (TPSA) is 6.48 Å². The molecule has 0 bridgehead atoms. The summed E-state index contributed by atoms with van der Waals surface area (Å²) < 4.78 is 0. The van der Waals surface area contributed by atoms with Crippen molar-refractivity contribution in [3.05, 3.63) is 12.4 Å². The van der Waals surface area contributed by atoms with Gasteiger partial charge in [-0.15, -0.1) is 0 Å². The van der Waals surface area contributed by atoms with Crippen molar-refractivity contribution in [1.82, 2.24) is 9.80 Å². The van der Waals surface area contributed by atoms with Crippen molar-refractivity contribution in [2.75, 3.05) is 13.1 Å². The maximum Gasteiger partial charge on any atom is 0.101 e. The van der Waals surface area contributed by atoms with Crippen LogP contribution >= 0.6 is 0 Å². The van der Waals surface area contributed by atoms with Crippen LogP contribution in [-0.4, -0.2) is 29.1 Å². The van der Waals surface area contributed by atoms with Gasteiger partial charge in [0.15, 0.2) is 0 Å². The Morgan fingerprint density at radius 1 is 0.382 bits per heavy atom. The zero-order chi connectivity index (χ0) is 24.5. The van der Waals surface area contributed by atoms with Gasteiger partial charge in [-0.3, -0.25) is 0 Å². The second kappa shape index (κ2) is 24.1. The molecule has 0 saturated heterocycles. The normalized spacial score (nSPS) is 15.7. The standard InChI is InChI=1S/C32H64N2/c1-4-7-10-13-15-16-17-18-19-20-23-26-29-34-31-30-33(28-25-22-12-9-6-3)32(34)27-24-21-14-11-8-5-2/h30-32H,4-29H2,1-3H3. The minimum Gasteiger partial charge on any atom is -0.356 e. The van der Waals surface area contributed by atoms with E-state index in [4.69, 9.17) is 0 Å². The highest BCUT2D eigenvalue weighted by molar-refractivity contribution is 4.97. The molecule has 0 saturated carbocycles. The van der Waals surface area contributed by atoms with Crippen LogP contribution in [0.25, 0.3) is 0 Å². The first-order chi connectivity index (χ1) is 16.8. The first-order valence-corrected chi connectivity index (χ1v) is 16.0. The minimum absolute atomic E-state index is 0.644. The van der Waals surface area contributed by atoms with Gasteiger partial charge in [-0.1, -0.05) is 149 Å². The molecule has 34 heavy (non-hydrogen) atoms. The van der Waals surface area contributed by atoms with Crippen LogP contribution in [0.3, 0.4) is 0 Å². The van der Waals surface area contributed by atoms with Gasteiger partial charge in [-0.25, -0.2) is 0 Å². The van der Waals surface area contributed by atoms with Crippen molar-refractivity contribution in [1.29, 1.82) is 0 Å². The van der Waals surface area contributed by atoms with Crippen LogP contribution in [0.2, 0.25) is 0 Å². The summed E-state index contributed by atoms with van der Waals surface area (Å²) in [5.41, 5.74) is 0. The summed E-state index contributed by atoms with van der Waals surface area (Å²) in [6.45, 7) is 9.46. The van der Waals surface area contributed by atoms with Crippen molar-refractivity contribution in [2.24, 2.45) is 0 Å². The van der Waals surface area contributed by atoms with Gasteiger partial charge in [-0.2, -0.15) is 0 Å². The Balaban J connectivity index is 2.18. The van der Waals surface area contributed by atoms with Gasteiger partial charge in [0.05, 0.1) is 0 Å². The number of hydrogen-bond donors (Lipinski definition) is 0. The summed E-state index contributed by atoms with van der Waals surface area (Å²) in [5, 5.41) is 0. The van der Waals surface area contributed by atoms with Gasteiger partial charge >= 0.3 is 0 Å². The van der Waals surface area contributed by atoms with E-state index in [0.717, 1.165) is 0 Å². The third-order valence-electron chi connectivity index (χ3n) is 7.82. The quantitative estimate of drug-likeness (QED) is 0.114. The van der Waals surface area contributed by atoms with E-state index in [1.165, 1.54) is 167 Å². The van der Waals surface area contributed by atoms with E-state index in [2.05, 4.69) is 43.0 Å². The van der Waals surface area contributed by atoms with Crippen molar-refractivity contribution in [3.63, 3.8) is 0 Å². The summed E-state index contributed by atoms with van der Waals surface area (Å²) in [6, 6.07) is 0. The summed E-state index contributed by atoms with van der Waals surface area (Å²) in [6.07, 6.45) is 39.5. The van der Waals surface area contributed by atoms with E-state index in [0.29, 0.717) is 6.17 Å². The Kier molecular flexibility index (Phi) is 22.2. The zero-order valence-corrected chi connectivity index (χ0v) is 24.0. The third kappa shape index (κ3) is 16.9. The summed E-state index contributed by atoms with van der Waals surface area (Å²) in [4.78, 5) is 5.37. The third-order valence-corrected chi connectivity index (χ3v) is 7.82. The minimum atomic E-state index is 0.644. The monoisotopic (exact) mass is 477 g/mol. The predicted molar refractivity (Wildman–Crippen MR) is 154 cm³/mol. The lowest BCUT2D eigenvalue weighted by molar-refractivity contribution is 0.135. The molecule has 0 aliphatic carbocycles. The lowest BCUT2D eigenvalue weighted by Gasteiger charge is -2.33. The molecule has 2 heteroatoms. The second-order valence-corrected chi connectivity index (χ2v) is 11.1. The summed E-state index contributed by atoms with van der Waals surface area (Å²) >= 11 is 0. The molecule has 0 fully saturated rings. The van der Waals surface area contributed by atoms with Crippen LogP contribution in [-0.2, 0) is 0 Å². The van der Waals surface area contributed by atoms with Gasteiger partial charge in [0, 0.05) is 25.5 Å². The Bertz CT molecular complexity index is 433. The van der Waals surface area contributed by atoms with E-state index in [1.54, 1.807) is 0 Å². The van der Waals surface area contributed by atoms with Gasteiger partial charge in [0.2, 0.25) is 0 Å². The molecule has 0 aromatic carbocycles. The first-order valence-electron chi connectivity index (χ1n) is 16.0. The lowest BCUT2D eigenvalue weighted by atomic mass is 10.0. The second-order valence-electron chi connectivity index (χ2n) is 11.1.